The number of nitrogens with zero attached hydrogens (tertiary/aromatic N) is 2. The third-order valence-corrected chi connectivity index (χ3v) is 5.08. The number of rotatable bonds is 4. The van der Waals surface area contributed by atoms with E-state index >= 15 is 0 Å². The van der Waals surface area contributed by atoms with Crippen LogP contribution in [0.5, 0.6) is 0 Å². The van der Waals surface area contributed by atoms with E-state index < -0.39 is 5.91 Å². The number of amidine groups is 1. The lowest BCUT2D eigenvalue weighted by atomic mass is 10.0. The van der Waals surface area contributed by atoms with Crippen molar-refractivity contribution >= 4 is 23.3 Å². The second-order valence-electron chi connectivity index (χ2n) is 7.33. The van der Waals surface area contributed by atoms with Crippen LogP contribution in [0.2, 0.25) is 0 Å². The summed E-state index contributed by atoms with van der Waals surface area (Å²) < 4.78 is 0. The Kier molecular flexibility index (Phi) is 5.91. The van der Waals surface area contributed by atoms with Gasteiger partial charge in [0.05, 0.1) is 5.70 Å². The smallest absolute Gasteiger partial charge is 0.264 e. The summed E-state index contributed by atoms with van der Waals surface area (Å²) in [5.74, 6) is -0.521. The molecule has 156 valence electrons. The molecule has 0 saturated carbocycles. The van der Waals surface area contributed by atoms with Crippen LogP contribution in [0.1, 0.15) is 32.6 Å². The van der Waals surface area contributed by atoms with E-state index in [4.69, 9.17) is 0 Å². The van der Waals surface area contributed by atoms with Crippen LogP contribution in [0.4, 0.5) is 0 Å². The molecule has 0 unspecified atom stereocenters. The molecule has 0 fully saturated rings. The van der Waals surface area contributed by atoms with E-state index in [0.717, 1.165) is 11.1 Å². The highest BCUT2D eigenvalue weighted by Crippen LogP contribution is 2.30. The molecule has 2 N–H and O–H groups in total. The molecule has 0 aliphatic carbocycles. The summed E-state index contributed by atoms with van der Waals surface area (Å²) in [6, 6.07) is 25.8. The minimum Gasteiger partial charge on any atom is -0.347 e. The van der Waals surface area contributed by atoms with E-state index in [1.807, 2.05) is 61.5 Å². The number of nitrogens with one attached hydrogen (secondary N) is 2. The lowest BCUT2D eigenvalue weighted by molar-refractivity contribution is -0.117. The molecule has 1 aliphatic heterocycles. The molecule has 1 heterocycles. The molecule has 32 heavy (non-hydrogen) atoms. The van der Waals surface area contributed by atoms with Gasteiger partial charge in [-0.2, -0.15) is 5.26 Å². The maximum atomic E-state index is 12.8. The van der Waals surface area contributed by atoms with E-state index in [1.54, 1.807) is 30.3 Å². The molecule has 2 amide bonds. The molecule has 0 aromatic heterocycles. The van der Waals surface area contributed by atoms with Crippen LogP contribution in [-0.2, 0) is 11.3 Å². The number of amides is 2. The van der Waals surface area contributed by atoms with Crippen molar-refractivity contribution in [2.75, 3.05) is 0 Å². The fourth-order valence-electron chi connectivity index (χ4n) is 3.38. The Morgan fingerprint density at radius 2 is 1.56 bits per heavy atom. The molecular formula is C26H20N4O2. The summed E-state index contributed by atoms with van der Waals surface area (Å²) in [5, 5.41) is 15.3. The zero-order valence-corrected chi connectivity index (χ0v) is 17.4. The lowest BCUT2D eigenvalue weighted by Gasteiger charge is -2.06. The Balaban J connectivity index is 1.63. The third kappa shape index (κ3) is 4.32. The number of benzene rings is 3. The van der Waals surface area contributed by atoms with Crippen molar-refractivity contribution in [1.82, 2.24) is 10.6 Å². The fourth-order valence-corrected chi connectivity index (χ4v) is 3.38. The molecule has 0 saturated heterocycles. The summed E-state index contributed by atoms with van der Waals surface area (Å²) in [6.07, 6.45) is 0. The van der Waals surface area contributed by atoms with Gasteiger partial charge in [0.1, 0.15) is 17.5 Å². The topological polar surface area (TPSA) is 94.3 Å². The number of nitriles is 1. The van der Waals surface area contributed by atoms with E-state index in [1.165, 1.54) is 0 Å². The molecule has 4 rings (SSSR count). The van der Waals surface area contributed by atoms with Crippen molar-refractivity contribution in [2.24, 2.45) is 4.99 Å². The second kappa shape index (κ2) is 9.11. The second-order valence-corrected chi connectivity index (χ2v) is 7.33. The van der Waals surface area contributed by atoms with Crippen molar-refractivity contribution in [1.29, 1.82) is 5.26 Å². The number of hydrogen-bond acceptors (Lipinski definition) is 4. The first-order valence-corrected chi connectivity index (χ1v) is 10.1. The zero-order valence-electron chi connectivity index (χ0n) is 17.4. The Bertz CT molecular complexity index is 1280. The largest absolute Gasteiger partial charge is 0.347 e. The summed E-state index contributed by atoms with van der Waals surface area (Å²) in [6.45, 7) is 2.24. The highest BCUT2D eigenvalue weighted by Gasteiger charge is 2.27. The molecule has 6 nitrogen and oxygen atoms in total. The van der Waals surface area contributed by atoms with Crippen molar-refractivity contribution in [3.63, 3.8) is 0 Å². The van der Waals surface area contributed by atoms with Gasteiger partial charge in [-0.1, -0.05) is 72.3 Å². The van der Waals surface area contributed by atoms with Gasteiger partial charge in [0.15, 0.2) is 0 Å². The van der Waals surface area contributed by atoms with Gasteiger partial charge in [-0.15, -0.1) is 0 Å². The first-order valence-electron chi connectivity index (χ1n) is 10.1. The summed E-state index contributed by atoms with van der Waals surface area (Å²) in [4.78, 5) is 30.0. The molecule has 3 aromatic carbocycles. The Hall–Kier alpha value is -4.50. The number of carbonyl (C=O) groups is 2. The minimum atomic E-state index is -0.518. The van der Waals surface area contributed by atoms with E-state index in [-0.39, 0.29) is 17.2 Å². The van der Waals surface area contributed by atoms with Crippen molar-refractivity contribution in [3.8, 4) is 6.07 Å². The Morgan fingerprint density at radius 3 is 2.25 bits per heavy atom. The molecular weight excluding hydrogens is 400 g/mol. The van der Waals surface area contributed by atoms with E-state index in [9.17, 15) is 14.9 Å². The van der Waals surface area contributed by atoms with Crippen molar-refractivity contribution in [2.45, 2.75) is 13.5 Å². The lowest BCUT2D eigenvalue weighted by Crippen LogP contribution is -2.30. The minimum absolute atomic E-state index is 0.104. The van der Waals surface area contributed by atoms with E-state index in [0.29, 0.717) is 29.1 Å². The number of carbonyl (C=O) groups excluding carboxylic acids is 2. The van der Waals surface area contributed by atoms with Gasteiger partial charge in [0.25, 0.3) is 11.8 Å². The van der Waals surface area contributed by atoms with Gasteiger partial charge in [0.2, 0.25) is 0 Å². The molecule has 6 heteroatoms. The van der Waals surface area contributed by atoms with Gasteiger partial charge in [0, 0.05) is 23.2 Å². The molecule has 1 aliphatic rings. The van der Waals surface area contributed by atoms with Crippen LogP contribution < -0.4 is 10.6 Å². The van der Waals surface area contributed by atoms with Crippen LogP contribution in [-0.4, -0.2) is 17.6 Å². The Morgan fingerprint density at radius 1 is 0.906 bits per heavy atom. The number of aliphatic imine (C=N–C) groups is 1. The van der Waals surface area contributed by atoms with Gasteiger partial charge < -0.3 is 10.6 Å². The van der Waals surface area contributed by atoms with E-state index in [2.05, 4.69) is 15.6 Å². The van der Waals surface area contributed by atoms with Gasteiger partial charge in [-0.3, -0.25) is 9.59 Å². The summed E-state index contributed by atoms with van der Waals surface area (Å²) in [7, 11) is 0. The van der Waals surface area contributed by atoms with Crippen LogP contribution in [0.3, 0.4) is 0 Å². The number of fused-ring (bicyclic) bond motifs is 1. The summed E-state index contributed by atoms with van der Waals surface area (Å²) in [5.41, 5.74) is 3.89. The van der Waals surface area contributed by atoms with Crippen LogP contribution in [0.25, 0.3) is 5.70 Å². The van der Waals surface area contributed by atoms with Crippen LogP contribution in [0, 0.1) is 18.3 Å². The molecule has 0 bridgehead atoms. The highest BCUT2D eigenvalue weighted by molar-refractivity contribution is 6.20. The molecule has 0 radical (unpaired) electrons. The third-order valence-electron chi connectivity index (χ3n) is 5.08. The van der Waals surface area contributed by atoms with Crippen molar-refractivity contribution < 1.29 is 9.59 Å². The predicted molar refractivity (Wildman–Crippen MR) is 122 cm³/mol. The first-order chi connectivity index (χ1) is 15.6. The van der Waals surface area contributed by atoms with Crippen molar-refractivity contribution in [3.05, 3.63) is 112 Å². The SMILES string of the molecule is Cc1ccc(C(=O)NC2=N/C(=C(/C#N)C(=O)NCc3ccccc3)c3ccccc32)cc1. The maximum Gasteiger partial charge on any atom is 0.264 e. The molecule has 3 aromatic rings. The van der Waals surface area contributed by atoms with Gasteiger partial charge in [-0.25, -0.2) is 4.99 Å². The number of aryl methyl sites for hydroxylation is 1. The monoisotopic (exact) mass is 420 g/mol. The summed E-state index contributed by atoms with van der Waals surface area (Å²) >= 11 is 0. The predicted octanol–water partition coefficient (Wildman–Crippen LogP) is 3.74. The van der Waals surface area contributed by atoms with Gasteiger partial charge >= 0.3 is 0 Å². The average Bonchev–Trinajstić information content (AvgIpc) is 3.17. The normalized spacial score (nSPS) is 13.4. The molecule has 0 spiro atoms. The highest BCUT2D eigenvalue weighted by atomic mass is 16.2. The molecule has 0 atom stereocenters. The van der Waals surface area contributed by atoms with Crippen LogP contribution in [0.15, 0.2) is 89.4 Å². The maximum absolute atomic E-state index is 12.8. The standard InChI is InChI=1S/C26H20N4O2/c1-17-11-13-19(14-12-17)25(31)30-24-21-10-6-5-9-20(21)23(29-24)22(15-27)26(32)28-16-18-7-3-2-4-8-18/h2-14H,16H2,1H3,(H,28,32)(H,29,30,31)/b23-22-. The Labute approximate surface area is 185 Å². The number of hydrogen-bond donors (Lipinski definition) is 2. The fraction of sp³-hybridized carbons (Fsp3) is 0.0769. The zero-order chi connectivity index (χ0) is 22.5. The van der Waals surface area contributed by atoms with Gasteiger partial charge in [-0.05, 0) is 24.6 Å². The first kappa shape index (κ1) is 20.8. The van der Waals surface area contributed by atoms with Crippen LogP contribution >= 0.6 is 0 Å². The quantitative estimate of drug-likeness (QED) is 0.497. The average molecular weight is 420 g/mol.